The van der Waals surface area contributed by atoms with Gasteiger partial charge < -0.3 is 10.5 Å². The Kier molecular flexibility index (Phi) is 3.04. The van der Waals surface area contributed by atoms with Crippen molar-refractivity contribution < 1.29 is 9.13 Å². The van der Waals surface area contributed by atoms with Gasteiger partial charge in [-0.2, -0.15) is 0 Å². The fourth-order valence-electron chi connectivity index (χ4n) is 2.22. The summed E-state index contributed by atoms with van der Waals surface area (Å²) in [4.78, 5) is 2.18. The van der Waals surface area contributed by atoms with Gasteiger partial charge in [-0.25, -0.2) is 4.39 Å². The van der Waals surface area contributed by atoms with Crippen LogP contribution in [0.2, 0.25) is 0 Å². The first-order valence-electron chi connectivity index (χ1n) is 5.43. The van der Waals surface area contributed by atoms with E-state index in [1.807, 2.05) is 0 Å². The molecular formula is C10H19FN2O. The molecule has 2 heterocycles. The Hall–Kier alpha value is -0.190. The molecule has 0 radical (unpaired) electrons. The van der Waals surface area contributed by atoms with Crippen molar-refractivity contribution in [3.05, 3.63) is 0 Å². The average Bonchev–Trinajstić information content (AvgIpc) is 2.57. The van der Waals surface area contributed by atoms with Crippen molar-refractivity contribution in [2.45, 2.75) is 31.0 Å². The molecule has 4 heteroatoms. The zero-order chi connectivity index (χ0) is 10.0. The van der Waals surface area contributed by atoms with Crippen molar-refractivity contribution in [1.82, 2.24) is 4.90 Å². The summed E-state index contributed by atoms with van der Waals surface area (Å²) in [5, 5.41) is 0. The minimum atomic E-state index is -1.10. The van der Waals surface area contributed by atoms with Crippen LogP contribution >= 0.6 is 0 Å². The predicted octanol–water partition coefficient (Wildman–Crippen LogP) is 0.538. The molecule has 1 unspecified atom stereocenters. The maximum Gasteiger partial charge on any atom is 0.148 e. The third kappa shape index (κ3) is 2.43. The summed E-state index contributed by atoms with van der Waals surface area (Å²) in [6.07, 6.45) is 2.55. The van der Waals surface area contributed by atoms with Crippen LogP contribution in [0.3, 0.4) is 0 Å². The number of hydrogen-bond acceptors (Lipinski definition) is 3. The molecule has 2 aliphatic rings. The summed E-state index contributed by atoms with van der Waals surface area (Å²) in [7, 11) is 0. The lowest BCUT2D eigenvalue weighted by Crippen LogP contribution is -2.46. The zero-order valence-corrected chi connectivity index (χ0v) is 8.54. The quantitative estimate of drug-likeness (QED) is 0.710. The number of piperidine rings is 1. The molecule has 2 aliphatic heterocycles. The van der Waals surface area contributed by atoms with E-state index in [2.05, 4.69) is 4.90 Å². The molecule has 1 atom stereocenters. The van der Waals surface area contributed by atoms with Gasteiger partial charge >= 0.3 is 0 Å². The van der Waals surface area contributed by atoms with Crippen LogP contribution in [0.15, 0.2) is 0 Å². The fraction of sp³-hybridized carbons (Fsp3) is 1.00. The molecule has 0 aromatic rings. The SMILES string of the molecule is NC1CCN(CC2(F)CCOC2)CC1. The number of nitrogens with two attached hydrogens (primary N) is 1. The number of rotatable bonds is 2. The largest absolute Gasteiger partial charge is 0.378 e. The molecule has 2 N–H and O–H groups in total. The second kappa shape index (κ2) is 4.13. The maximum absolute atomic E-state index is 14.0. The molecule has 0 aliphatic carbocycles. The van der Waals surface area contributed by atoms with Gasteiger partial charge in [0.25, 0.3) is 0 Å². The van der Waals surface area contributed by atoms with E-state index in [-0.39, 0.29) is 6.61 Å². The first-order valence-corrected chi connectivity index (χ1v) is 5.43. The Morgan fingerprint density at radius 2 is 2.14 bits per heavy atom. The molecule has 2 rings (SSSR count). The molecule has 14 heavy (non-hydrogen) atoms. The van der Waals surface area contributed by atoms with E-state index in [1.165, 1.54) is 0 Å². The van der Waals surface area contributed by atoms with Crippen molar-refractivity contribution in [3.8, 4) is 0 Å². The predicted molar refractivity (Wildman–Crippen MR) is 52.9 cm³/mol. The van der Waals surface area contributed by atoms with E-state index < -0.39 is 5.67 Å². The van der Waals surface area contributed by atoms with Gasteiger partial charge in [-0.05, 0) is 25.9 Å². The Morgan fingerprint density at radius 3 is 2.71 bits per heavy atom. The molecule has 0 bridgehead atoms. The molecule has 0 aromatic carbocycles. The molecule has 2 fully saturated rings. The highest BCUT2D eigenvalue weighted by Gasteiger charge is 2.37. The minimum Gasteiger partial charge on any atom is -0.378 e. The molecule has 2 saturated heterocycles. The second-order valence-electron chi connectivity index (χ2n) is 4.57. The number of halogens is 1. The van der Waals surface area contributed by atoms with Crippen molar-refractivity contribution in [1.29, 1.82) is 0 Å². The Bertz CT molecular complexity index is 187. The lowest BCUT2D eigenvalue weighted by Gasteiger charge is -2.33. The van der Waals surface area contributed by atoms with Gasteiger partial charge in [-0.15, -0.1) is 0 Å². The van der Waals surface area contributed by atoms with Crippen LogP contribution in [-0.4, -0.2) is 49.5 Å². The number of alkyl halides is 1. The van der Waals surface area contributed by atoms with Crippen molar-refractivity contribution >= 4 is 0 Å². The fourth-order valence-corrected chi connectivity index (χ4v) is 2.22. The summed E-state index contributed by atoms with van der Waals surface area (Å²) < 4.78 is 19.1. The van der Waals surface area contributed by atoms with Crippen LogP contribution in [0, 0.1) is 0 Å². The summed E-state index contributed by atoms with van der Waals surface area (Å²) in [6.45, 7) is 3.25. The van der Waals surface area contributed by atoms with Gasteiger partial charge in [-0.1, -0.05) is 0 Å². The number of nitrogens with zero attached hydrogens (tertiary/aromatic N) is 1. The number of ether oxygens (including phenoxy) is 1. The Morgan fingerprint density at radius 1 is 1.43 bits per heavy atom. The molecule has 3 nitrogen and oxygen atoms in total. The highest BCUT2D eigenvalue weighted by atomic mass is 19.1. The summed E-state index contributed by atoms with van der Waals surface area (Å²) in [5.74, 6) is 0. The van der Waals surface area contributed by atoms with E-state index in [4.69, 9.17) is 10.5 Å². The standard InChI is InChI=1S/C10H19FN2O/c11-10(3-6-14-8-10)7-13-4-1-9(12)2-5-13/h9H,1-8,12H2. The summed E-state index contributed by atoms with van der Waals surface area (Å²) in [5.41, 5.74) is 4.70. The Balaban J connectivity index is 1.79. The monoisotopic (exact) mass is 202 g/mol. The Labute approximate surface area is 84.4 Å². The van der Waals surface area contributed by atoms with Gasteiger partial charge in [0.05, 0.1) is 6.61 Å². The lowest BCUT2D eigenvalue weighted by molar-refractivity contribution is 0.0609. The maximum atomic E-state index is 14.0. The van der Waals surface area contributed by atoms with Crippen LogP contribution < -0.4 is 5.73 Å². The lowest BCUT2D eigenvalue weighted by atomic mass is 10.0. The molecule has 0 amide bonds. The van der Waals surface area contributed by atoms with Crippen LogP contribution in [0.4, 0.5) is 4.39 Å². The van der Waals surface area contributed by atoms with Crippen LogP contribution in [-0.2, 0) is 4.74 Å². The highest BCUT2D eigenvalue weighted by Crippen LogP contribution is 2.25. The molecule has 82 valence electrons. The summed E-state index contributed by atoms with van der Waals surface area (Å²) >= 11 is 0. The van der Waals surface area contributed by atoms with Crippen molar-refractivity contribution in [3.63, 3.8) is 0 Å². The summed E-state index contributed by atoms with van der Waals surface area (Å²) in [6, 6.07) is 0.321. The zero-order valence-electron chi connectivity index (χ0n) is 8.54. The molecular weight excluding hydrogens is 183 g/mol. The normalized spacial score (nSPS) is 36.4. The van der Waals surface area contributed by atoms with E-state index in [0.29, 0.717) is 25.6 Å². The number of hydrogen-bond donors (Lipinski definition) is 1. The second-order valence-corrected chi connectivity index (χ2v) is 4.57. The first-order chi connectivity index (χ1) is 6.68. The minimum absolute atomic E-state index is 0.273. The topological polar surface area (TPSA) is 38.5 Å². The van der Waals surface area contributed by atoms with Gasteiger partial charge in [-0.3, -0.25) is 4.90 Å². The highest BCUT2D eigenvalue weighted by molar-refractivity contribution is 4.88. The van der Waals surface area contributed by atoms with Crippen LogP contribution in [0.1, 0.15) is 19.3 Å². The smallest absolute Gasteiger partial charge is 0.148 e. The van der Waals surface area contributed by atoms with Crippen molar-refractivity contribution in [2.24, 2.45) is 5.73 Å². The molecule has 0 saturated carbocycles. The third-order valence-corrected chi connectivity index (χ3v) is 3.19. The van der Waals surface area contributed by atoms with Gasteiger partial charge in [0, 0.05) is 25.6 Å². The number of likely N-dealkylation sites (tertiary alicyclic amines) is 1. The van der Waals surface area contributed by atoms with Crippen LogP contribution in [0.25, 0.3) is 0 Å². The van der Waals surface area contributed by atoms with Gasteiger partial charge in [0.15, 0.2) is 0 Å². The van der Waals surface area contributed by atoms with Crippen molar-refractivity contribution in [2.75, 3.05) is 32.8 Å². The third-order valence-electron chi connectivity index (χ3n) is 3.19. The van der Waals surface area contributed by atoms with E-state index >= 15 is 0 Å². The van der Waals surface area contributed by atoms with E-state index in [1.54, 1.807) is 0 Å². The van der Waals surface area contributed by atoms with Crippen LogP contribution in [0.5, 0.6) is 0 Å². The van der Waals surface area contributed by atoms with Gasteiger partial charge in [0.1, 0.15) is 5.67 Å². The van der Waals surface area contributed by atoms with Gasteiger partial charge in [0.2, 0.25) is 0 Å². The van der Waals surface area contributed by atoms with E-state index in [0.717, 1.165) is 25.9 Å². The first kappa shape index (κ1) is 10.3. The van der Waals surface area contributed by atoms with E-state index in [9.17, 15) is 4.39 Å². The average molecular weight is 202 g/mol. The molecule has 0 spiro atoms. The molecule has 0 aromatic heterocycles.